The molecule has 2 saturated carbocycles. The Bertz CT molecular complexity index is 962. The molecule has 2 aliphatic heterocycles. The van der Waals surface area contributed by atoms with Gasteiger partial charge in [0.05, 0.1) is 18.9 Å². The van der Waals surface area contributed by atoms with E-state index >= 15 is 0 Å². The Labute approximate surface area is 227 Å². The van der Waals surface area contributed by atoms with Crippen molar-refractivity contribution in [1.82, 2.24) is 0 Å². The number of thiophene rings is 2. The number of hydrogen-bond acceptors (Lipinski definition) is 8. The first-order chi connectivity index (χ1) is 16.7. The van der Waals surface area contributed by atoms with Gasteiger partial charge in [0.2, 0.25) is 11.6 Å². The van der Waals surface area contributed by atoms with E-state index in [4.69, 9.17) is 0 Å². The summed E-state index contributed by atoms with van der Waals surface area (Å²) < 4.78 is 0.830. The second-order valence-corrected chi connectivity index (χ2v) is 17.6. The van der Waals surface area contributed by atoms with Gasteiger partial charge in [-0.15, -0.1) is 69.7 Å². The molecule has 0 radical (unpaired) electrons. The Morgan fingerprint density at radius 1 is 0.618 bits per heavy atom. The van der Waals surface area contributed by atoms with Crippen molar-refractivity contribution in [3.8, 4) is 0 Å². The molecule has 6 atom stereocenters. The van der Waals surface area contributed by atoms with E-state index in [9.17, 15) is 9.59 Å². The Kier molecular flexibility index (Phi) is 7.82. The maximum Gasteiger partial charge on any atom is 0.244 e. The zero-order valence-electron chi connectivity index (χ0n) is 19.1. The van der Waals surface area contributed by atoms with Crippen LogP contribution in [0.25, 0.3) is 0 Å². The van der Waals surface area contributed by atoms with Gasteiger partial charge in [-0.3, -0.25) is 9.59 Å². The first-order valence-electron chi connectivity index (χ1n) is 12.5. The molecule has 6 rings (SSSR count). The number of rotatable bonds is 5. The van der Waals surface area contributed by atoms with E-state index in [1.807, 2.05) is 35.7 Å². The summed E-state index contributed by atoms with van der Waals surface area (Å²) in [5.41, 5.74) is 0. The highest BCUT2D eigenvalue weighted by Gasteiger charge is 2.36. The smallest absolute Gasteiger partial charge is 0.244 e. The van der Waals surface area contributed by atoms with Crippen LogP contribution in [0.1, 0.15) is 89.6 Å². The summed E-state index contributed by atoms with van der Waals surface area (Å²) in [4.78, 5) is 29.9. The fourth-order valence-corrected chi connectivity index (χ4v) is 15.5. The number of ketones is 2. The van der Waals surface area contributed by atoms with Crippen LogP contribution in [0.15, 0.2) is 24.3 Å². The van der Waals surface area contributed by atoms with E-state index in [2.05, 4.69) is 35.7 Å². The largest absolute Gasteiger partial charge is 0.284 e. The van der Waals surface area contributed by atoms with Crippen molar-refractivity contribution in [2.75, 3.05) is 11.5 Å². The Balaban J connectivity index is 1.10. The zero-order chi connectivity index (χ0) is 23.1. The van der Waals surface area contributed by atoms with Crippen molar-refractivity contribution in [3.05, 3.63) is 43.8 Å². The molecule has 2 aliphatic carbocycles. The number of Topliss-reactive ketones (excluding diaryl/α,β-unsaturated/α-hetero) is 2. The summed E-state index contributed by atoms with van der Waals surface area (Å²) >= 11 is 11.3. The van der Waals surface area contributed by atoms with Crippen LogP contribution in [0, 0.1) is 11.8 Å². The molecule has 2 aromatic heterocycles. The normalized spacial score (nSPS) is 33.6. The topological polar surface area (TPSA) is 34.1 Å². The molecule has 0 bridgehead atoms. The van der Waals surface area contributed by atoms with Crippen LogP contribution in [0.4, 0.5) is 0 Å². The molecule has 2 nitrogen and oxygen atoms in total. The van der Waals surface area contributed by atoms with Crippen LogP contribution >= 0.6 is 69.7 Å². The molecular formula is C26H30O2S6. The lowest BCUT2D eigenvalue weighted by molar-refractivity contribution is 0.0821. The SMILES string of the molecule is O=C(C(=O)c1ccc(C2SCC3CCCCC3S2)s1)c1ccc(C2SCC3CCCCC3S2)s1. The Morgan fingerprint density at radius 2 is 1.06 bits per heavy atom. The van der Waals surface area contributed by atoms with Gasteiger partial charge in [-0.1, -0.05) is 25.7 Å². The van der Waals surface area contributed by atoms with Crippen LogP contribution in [-0.4, -0.2) is 33.6 Å². The molecule has 0 N–H and O–H groups in total. The average molecular weight is 567 g/mol. The quantitative estimate of drug-likeness (QED) is 0.265. The minimum atomic E-state index is -0.331. The number of thioether (sulfide) groups is 4. The molecule has 4 heterocycles. The summed E-state index contributed by atoms with van der Waals surface area (Å²) in [6, 6.07) is 7.96. The second-order valence-electron chi connectivity index (χ2n) is 9.83. The van der Waals surface area contributed by atoms with Gasteiger partial charge in [0.15, 0.2) is 0 Å². The highest BCUT2D eigenvalue weighted by Crippen LogP contribution is 2.55. The molecule has 2 saturated heterocycles. The molecule has 4 fully saturated rings. The number of hydrogen-bond donors (Lipinski definition) is 0. The lowest BCUT2D eigenvalue weighted by Gasteiger charge is -2.38. The van der Waals surface area contributed by atoms with Crippen LogP contribution in [0.2, 0.25) is 0 Å². The van der Waals surface area contributed by atoms with E-state index in [1.54, 1.807) is 22.7 Å². The van der Waals surface area contributed by atoms with Gasteiger partial charge >= 0.3 is 0 Å². The summed E-state index contributed by atoms with van der Waals surface area (Å²) in [5.74, 6) is 3.53. The van der Waals surface area contributed by atoms with Gasteiger partial charge in [0.1, 0.15) is 0 Å². The summed E-state index contributed by atoms with van der Waals surface area (Å²) in [5, 5.41) is 1.54. The molecule has 0 aromatic carbocycles. The van der Waals surface area contributed by atoms with Crippen LogP contribution in [-0.2, 0) is 0 Å². The number of carbonyl (C=O) groups is 2. The third-order valence-electron chi connectivity index (χ3n) is 7.57. The Hall–Kier alpha value is 0.140. The highest BCUT2D eigenvalue weighted by atomic mass is 32.2. The van der Waals surface area contributed by atoms with Crippen molar-refractivity contribution in [1.29, 1.82) is 0 Å². The lowest BCUT2D eigenvalue weighted by atomic mass is 9.90. The molecular weight excluding hydrogens is 537 g/mol. The van der Waals surface area contributed by atoms with Gasteiger partial charge in [-0.05, 0) is 73.3 Å². The van der Waals surface area contributed by atoms with Crippen LogP contribution in [0.5, 0.6) is 0 Å². The van der Waals surface area contributed by atoms with Crippen molar-refractivity contribution >= 4 is 81.3 Å². The monoisotopic (exact) mass is 566 g/mol. The van der Waals surface area contributed by atoms with E-state index in [0.717, 1.165) is 22.3 Å². The maximum absolute atomic E-state index is 13.1. The molecule has 0 spiro atoms. The van der Waals surface area contributed by atoms with Gasteiger partial charge in [-0.25, -0.2) is 0 Å². The van der Waals surface area contributed by atoms with Crippen molar-refractivity contribution in [2.45, 2.75) is 71.0 Å². The minimum absolute atomic E-state index is 0.331. The van der Waals surface area contributed by atoms with E-state index in [1.165, 1.54) is 72.6 Å². The summed E-state index contributed by atoms with van der Waals surface area (Å²) in [6.07, 6.45) is 10.9. The molecule has 4 aliphatic rings. The summed E-state index contributed by atoms with van der Waals surface area (Å²) in [6.45, 7) is 0. The molecule has 8 heteroatoms. The molecule has 2 aromatic rings. The van der Waals surface area contributed by atoms with Gasteiger partial charge in [0.25, 0.3) is 0 Å². The molecule has 182 valence electrons. The standard InChI is InChI=1S/C26H30O2S6/c27-23(19-9-11-21(31-19)25-29-13-15-5-1-3-7-17(15)33-25)24(28)20-10-12-22(32-20)26-30-14-16-6-2-4-8-18(16)34-26/h9-12,15-18,25-26H,1-8,13-14H2. The van der Waals surface area contributed by atoms with Crippen LogP contribution in [0.3, 0.4) is 0 Å². The van der Waals surface area contributed by atoms with Gasteiger partial charge in [-0.2, -0.15) is 0 Å². The van der Waals surface area contributed by atoms with Crippen molar-refractivity contribution < 1.29 is 9.59 Å². The van der Waals surface area contributed by atoms with Gasteiger partial charge in [0, 0.05) is 20.3 Å². The fraction of sp³-hybridized carbons (Fsp3) is 0.615. The van der Waals surface area contributed by atoms with E-state index < -0.39 is 0 Å². The van der Waals surface area contributed by atoms with Crippen LogP contribution < -0.4 is 0 Å². The first kappa shape index (κ1) is 24.5. The predicted molar refractivity (Wildman–Crippen MR) is 154 cm³/mol. The third kappa shape index (κ3) is 5.10. The highest BCUT2D eigenvalue weighted by molar-refractivity contribution is 8.17. The first-order valence-corrected chi connectivity index (χ1v) is 18.1. The van der Waals surface area contributed by atoms with E-state index in [-0.39, 0.29) is 11.6 Å². The number of carbonyl (C=O) groups excluding carboxylic acids is 2. The van der Waals surface area contributed by atoms with E-state index in [0.29, 0.717) is 18.9 Å². The molecule has 34 heavy (non-hydrogen) atoms. The number of fused-ring (bicyclic) bond motifs is 2. The Morgan fingerprint density at radius 3 is 1.53 bits per heavy atom. The minimum Gasteiger partial charge on any atom is -0.284 e. The molecule has 0 amide bonds. The average Bonchev–Trinajstić information content (AvgIpc) is 3.58. The maximum atomic E-state index is 13.1. The van der Waals surface area contributed by atoms with Crippen molar-refractivity contribution in [2.24, 2.45) is 11.8 Å². The predicted octanol–water partition coefficient (Wildman–Crippen LogP) is 8.95. The lowest BCUT2D eigenvalue weighted by Crippen LogP contribution is -2.28. The second kappa shape index (κ2) is 10.9. The van der Waals surface area contributed by atoms with Gasteiger partial charge < -0.3 is 0 Å². The third-order valence-corrected chi connectivity index (χ3v) is 17.2. The fourth-order valence-electron chi connectivity index (χ4n) is 5.63. The van der Waals surface area contributed by atoms with Crippen molar-refractivity contribution in [3.63, 3.8) is 0 Å². The molecule has 6 unspecified atom stereocenters. The zero-order valence-corrected chi connectivity index (χ0v) is 24.0. The summed E-state index contributed by atoms with van der Waals surface area (Å²) in [7, 11) is 0.